The van der Waals surface area contributed by atoms with E-state index >= 15 is 0 Å². The van der Waals surface area contributed by atoms with Gasteiger partial charge in [0.2, 0.25) is 0 Å². The Balaban J connectivity index is 1.89. The lowest BCUT2D eigenvalue weighted by molar-refractivity contribution is -0.148. The van der Waals surface area contributed by atoms with E-state index in [1.807, 2.05) is 24.3 Å². The number of methoxy groups -OCH3 is 1. The van der Waals surface area contributed by atoms with Crippen LogP contribution in [-0.2, 0) is 20.9 Å². The molecule has 1 aromatic carbocycles. The SMILES string of the molecule is CCCC[C@H](OCc1ccc(OC)cc1)[C@@H]1CCC(=O)O1. The molecule has 0 N–H and O–H groups in total. The third-order valence-electron chi connectivity index (χ3n) is 3.80. The number of ether oxygens (including phenoxy) is 3. The Morgan fingerprint density at radius 3 is 2.67 bits per heavy atom. The standard InChI is InChI=1S/C17H24O4/c1-3-4-5-15(16-10-11-17(18)21-16)20-12-13-6-8-14(19-2)9-7-13/h6-9,15-16H,3-5,10-12H2,1-2H3/t15-,16-/m0/s1. The Bertz CT molecular complexity index is 441. The number of cyclic esters (lactones) is 1. The molecule has 0 amide bonds. The molecule has 0 unspecified atom stereocenters. The van der Waals surface area contributed by atoms with Gasteiger partial charge in [-0.25, -0.2) is 0 Å². The molecule has 0 aromatic heterocycles. The summed E-state index contributed by atoms with van der Waals surface area (Å²) in [5.41, 5.74) is 1.10. The molecule has 0 radical (unpaired) electrons. The average Bonchev–Trinajstić information content (AvgIpc) is 2.94. The van der Waals surface area contributed by atoms with Gasteiger partial charge in [-0.1, -0.05) is 31.9 Å². The molecule has 1 fully saturated rings. The second-order valence-electron chi connectivity index (χ2n) is 5.41. The Labute approximate surface area is 126 Å². The molecule has 4 nitrogen and oxygen atoms in total. The number of benzene rings is 1. The predicted octanol–water partition coefficient (Wildman–Crippen LogP) is 3.48. The van der Waals surface area contributed by atoms with Gasteiger partial charge in [0.15, 0.2) is 0 Å². The van der Waals surface area contributed by atoms with Crippen molar-refractivity contribution in [3.63, 3.8) is 0 Å². The van der Waals surface area contributed by atoms with Gasteiger partial charge in [0, 0.05) is 6.42 Å². The lowest BCUT2D eigenvalue weighted by Crippen LogP contribution is -2.29. The molecule has 1 heterocycles. The minimum atomic E-state index is -0.102. The first-order valence-electron chi connectivity index (χ1n) is 7.67. The van der Waals surface area contributed by atoms with Gasteiger partial charge in [-0.15, -0.1) is 0 Å². The van der Waals surface area contributed by atoms with Crippen LogP contribution < -0.4 is 4.74 Å². The van der Waals surface area contributed by atoms with Gasteiger partial charge in [-0.05, 0) is 30.5 Å². The fraction of sp³-hybridized carbons (Fsp3) is 0.588. The zero-order valence-electron chi connectivity index (χ0n) is 12.8. The summed E-state index contributed by atoms with van der Waals surface area (Å²) in [7, 11) is 1.65. The lowest BCUT2D eigenvalue weighted by Gasteiger charge is -2.23. The third-order valence-corrected chi connectivity index (χ3v) is 3.80. The quantitative estimate of drug-likeness (QED) is 0.688. The molecule has 1 aliphatic rings. The number of esters is 1. The van der Waals surface area contributed by atoms with Gasteiger partial charge in [0.1, 0.15) is 11.9 Å². The van der Waals surface area contributed by atoms with Crippen molar-refractivity contribution in [3.8, 4) is 5.75 Å². The predicted molar refractivity (Wildman–Crippen MR) is 80.2 cm³/mol. The summed E-state index contributed by atoms with van der Waals surface area (Å²) in [6, 6.07) is 7.84. The summed E-state index contributed by atoms with van der Waals surface area (Å²) in [6.45, 7) is 2.69. The number of hydrogen-bond donors (Lipinski definition) is 0. The van der Waals surface area contributed by atoms with E-state index in [-0.39, 0.29) is 18.2 Å². The Hall–Kier alpha value is -1.55. The Morgan fingerprint density at radius 2 is 2.10 bits per heavy atom. The lowest BCUT2D eigenvalue weighted by atomic mass is 10.0. The smallest absolute Gasteiger partial charge is 0.306 e. The molecule has 2 atom stereocenters. The van der Waals surface area contributed by atoms with Crippen molar-refractivity contribution in [2.75, 3.05) is 7.11 Å². The zero-order valence-corrected chi connectivity index (χ0v) is 12.8. The van der Waals surface area contributed by atoms with Gasteiger partial charge in [0.05, 0.1) is 19.8 Å². The number of unbranched alkanes of at least 4 members (excludes halogenated alkanes) is 1. The molecule has 21 heavy (non-hydrogen) atoms. The van der Waals surface area contributed by atoms with E-state index in [9.17, 15) is 4.79 Å². The monoisotopic (exact) mass is 292 g/mol. The molecule has 0 aliphatic carbocycles. The first kappa shape index (κ1) is 15.8. The van der Waals surface area contributed by atoms with E-state index in [1.54, 1.807) is 7.11 Å². The van der Waals surface area contributed by atoms with Crippen molar-refractivity contribution in [2.24, 2.45) is 0 Å². The maximum absolute atomic E-state index is 11.3. The molecule has 4 heteroatoms. The number of rotatable bonds is 8. The van der Waals surface area contributed by atoms with Crippen LogP contribution in [0, 0.1) is 0 Å². The zero-order chi connectivity index (χ0) is 15.1. The highest BCUT2D eigenvalue weighted by Gasteiger charge is 2.31. The summed E-state index contributed by atoms with van der Waals surface area (Å²) in [5.74, 6) is 0.737. The van der Waals surface area contributed by atoms with Gasteiger partial charge in [0.25, 0.3) is 0 Å². The van der Waals surface area contributed by atoms with E-state index in [2.05, 4.69) is 6.92 Å². The molecular weight excluding hydrogens is 268 g/mol. The van der Waals surface area contributed by atoms with Crippen LogP contribution in [0.25, 0.3) is 0 Å². The Kier molecular flexibility index (Phi) is 6.05. The summed E-state index contributed by atoms with van der Waals surface area (Å²) >= 11 is 0. The topological polar surface area (TPSA) is 44.8 Å². The van der Waals surface area contributed by atoms with E-state index in [4.69, 9.17) is 14.2 Å². The third kappa shape index (κ3) is 4.74. The van der Waals surface area contributed by atoms with Crippen molar-refractivity contribution >= 4 is 5.97 Å². The van der Waals surface area contributed by atoms with Crippen molar-refractivity contribution in [1.29, 1.82) is 0 Å². The van der Waals surface area contributed by atoms with Crippen molar-refractivity contribution in [3.05, 3.63) is 29.8 Å². The van der Waals surface area contributed by atoms with Gasteiger partial charge in [-0.3, -0.25) is 4.79 Å². The molecule has 0 spiro atoms. The largest absolute Gasteiger partial charge is 0.497 e. The fourth-order valence-electron chi connectivity index (χ4n) is 2.52. The van der Waals surface area contributed by atoms with Crippen LogP contribution >= 0.6 is 0 Å². The number of carbonyl (C=O) groups excluding carboxylic acids is 1. The molecule has 1 aromatic rings. The molecular formula is C17H24O4. The first-order chi connectivity index (χ1) is 10.2. The van der Waals surface area contributed by atoms with Gasteiger partial charge in [-0.2, -0.15) is 0 Å². The minimum Gasteiger partial charge on any atom is -0.497 e. The van der Waals surface area contributed by atoms with Crippen LogP contribution in [0.3, 0.4) is 0 Å². The van der Waals surface area contributed by atoms with Crippen LogP contribution in [-0.4, -0.2) is 25.3 Å². The maximum atomic E-state index is 11.3. The second kappa shape index (κ2) is 8.03. The normalized spacial score (nSPS) is 19.3. The second-order valence-corrected chi connectivity index (χ2v) is 5.41. The molecule has 0 bridgehead atoms. The summed E-state index contributed by atoms with van der Waals surface area (Å²) in [4.78, 5) is 11.3. The van der Waals surface area contributed by atoms with Gasteiger partial charge >= 0.3 is 5.97 Å². The van der Waals surface area contributed by atoms with Crippen molar-refractivity contribution in [2.45, 2.75) is 57.8 Å². The molecule has 1 aliphatic heterocycles. The average molecular weight is 292 g/mol. The van der Waals surface area contributed by atoms with E-state index in [1.165, 1.54) is 0 Å². The van der Waals surface area contributed by atoms with Crippen LogP contribution in [0.1, 0.15) is 44.6 Å². The fourth-order valence-corrected chi connectivity index (χ4v) is 2.52. The summed E-state index contributed by atoms with van der Waals surface area (Å²) in [6.07, 6.45) is 4.34. The number of carbonyl (C=O) groups is 1. The summed E-state index contributed by atoms with van der Waals surface area (Å²) in [5, 5.41) is 0. The molecule has 0 saturated carbocycles. The van der Waals surface area contributed by atoms with E-state index in [0.29, 0.717) is 13.0 Å². The van der Waals surface area contributed by atoms with E-state index in [0.717, 1.165) is 37.0 Å². The summed E-state index contributed by atoms with van der Waals surface area (Å²) < 4.78 is 16.5. The van der Waals surface area contributed by atoms with Crippen LogP contribution in [0.5, 0.6) is 5.75 Å². The van der Waals surface area contributed by atoms with Crippen molar-refractivity contribution < 1.29 is 19.0 Å². The molecule has 2 rings (SSSR count). The minimum absolute atomic E-state index is 0.00139. The highest BCUT2D eigenvalue weighted by atomic mass is 16.6. The highest BCUT2D eigenvalue weighted by molar-refractivity contribution is 5.71. The van der Waals surface area contributed by atoms with Gasteiger partial charge < -0.3 is 14.2 Å². The molecule has 116 valence electrons. The van der Waals surface area contributed by atoms with Crippen molar-refractivity contribution in [1.82, 2.24) is 0 Å². The number of hydrogen-bond acceptors (Lipinski definition) is 4. The maximum Gasteiger partial charge on any atom is 0.306 e. The first-order valence-corrected chi connectivity index (χ1v) is 7.67. The van der Waals surface area contributed by atoms with E-state index < -0.39 is 0 Å². The van der Waals surface area contributed by atoms with Crippen LogP contribution in [0.4, 0.5) is 0 Å². The van der Waals surface area contributed by atoms with Crippen LogP contribution in [0.2, 0.25) is 0 Å². The Morgan fingerprint density at radius 1 is 1.33 bits per heavy atom. The highest BCUT2D eigenvalue weighted by Crippen LogP contribution is 2.24. The van der Waals surface area contributed by atoms with Crippen LogP contribution in [0.15, 0.2) is 24.3 Å². The molecule has 1 saturated heterocycles.